The molecule has 1 saturated heterocycles. The van der Waals surface area contributed by atoms with Crippen molar-refractivity contribution in [3.05, 3.63) is 28.3 Å². The van der Waals surface area contributed by atoms with Crippen LogP contribution in [-0.2, 0) is 9.47 Å². The van der Waals surface area contributed by atoms with Crippen molar-refractivity contribution in [3.8, 4) is 0 Å². The molecule has 23 heavy (non-hydrogen) atoms. The van der Waals surface area contributed by atoms with E-state index in [0.717, 1.165) is 11.1 Å². The van der Waals surface area contributed by atoms with Crippen LogP contribution in [0.3, 0.4) is 0 Å². The van der Waals surface area contributed by atoms with Crippen molar-refractivity contribution in [1.29, 1.82) is 0 Å². The molecule has 1 heterocycles. The number of aryl methyl sites for hydroxylation is 1. The molecule has 0 saturated carbocycles. The Morgan fingerprint density at radius 1 is 1.48 bits per heavy atom. The number of nitrogens with one attached hydrogen (secondary N) is 1. The number of urea groups is 1. The predicted octanol–water partition coefficient (Wildman–Crippen LogP) is 3.61. The lowest BCUT2D eigenvalue weighted by Crippen LogP contribution is -2.56. The normalized spacial score (nSPS) is 20.4. The van der Waals surface area contributed by atoms with Crippen LogP contribution in [0.5, 0.6) is 0 Å². The first-order valence-electron chi connectivity index (χ1n) is 7.72. The van der Waals surface area contributed by atoms with E-state index in [1.807, 2.05) is 33.8 Å². The van der Waals surface area contributed by atoms with E-state index >= 15 is 0 Å². The van der Waals surface area contributed by atoms with Gasteiger partial charge in [0.2, 0.25) is 0 Å². The summed E-state index contributed by atoms with van der Waals surface area (Å²) in [6.07, 6.45) is -0.136. The number of carbonyl (C=O) groups is 1. The molecule has 5 nitrogen and oxygen atoms in total. The van der Waals surface area contributed by atoms with Gasteiger partial charge >= 0.3 is 6.03 Å². The zero-order valence-electron chi connectivity index (χ0n) is 14.4. The van der Waals surface area contributed by atoms with Crippen LogP contribution in [0.25, 0.3) is 0 Å². The third-order valence-corrected chi connectivity index (χ3v) is 4.35. The highest BCUT2D eigenvalue weighted by atomic mass is 35.5. The second-order valence-corrected chi connectivity index (χ2v) is 7.04. The Balaban J connectivity index is 2.15. The van der Waals surface area contributed by atoms with Gasteiger partial charge in [-0.2, -0.15) is 0 Å². The van der Waals surface area contributed by atoms with Crippen molar-refractivity contribution < 1.29 is 14.3 Å². The molecule has 1 N–H and O–H groups in total. The summed E-state index contributed by atoms with van der Waals surface area (Å²) in [6.45, 7) is 9.35. The molecule has 0 bridgehead atoms. The number of methoxy groups -OCH3 is 1. The summed E-state index contributed by atoms with van der Waals surface area (Å²) in [5.41, 5.74) is 2.32. The molecule has 2 amide bonds. The van der Waals surface area contributed by atoms with Gasteiger partial charge in [0.15, 0.2) is 0 Å². The molecule has 0 aromatic heterocycles. The molecular weight excluding hydrogens is 316 g/mol. The Morgan fingerprint density at radius 2 is 2.17 bits per heavy atom. The predicted molar refractivity (Wildman–Crippen MR) is 92.3 cm³/mol. The van der Waals surface area contributed by atoms with Gasteiger partial charge in [0.05, 0.1) is 42.1 Å². The minimum atomic E-state index is -0.412. The van der Waals surface area contributed by atoms with Crippen LogP contribution in [0, 0.1) is 13.8 Å². The molecule has 1 aliphatic rings. The topological polar surface area (TPSA) is 50.8 Å². The molecule has 6 heteroatoms. The van der Waals surface area contributed by atoms with Crippen molar-refractivity contribution in [3.63, 3.8) is 0 Å². The zero-order valence-corrected chi connectivity index (χ0v) is 15.2. The van der Waals surface area contributed by atoms with Crippen molar-refractivity contribution in [2.24, 2.45) is 0 Å². The molecule has 128 valence electrons. The number of morpholine rings is 1. The summed E-state index contributed by atoms with van der Waals surface area (Å²) in [7, 11) is 1.63. The second kappa shape index (κ2) is 7.07. The van der Waals surface area contributed by atoms with Gasteiger partial charge in [-0.25, -0.2) is 4.79 Å². The largest absolute Gasteiger partial charge is 0.382 e. The second-order valence-electron chi connectivity index (χ2n) is 6.63. The standard InChI is InChI=1S/C17H25ClN2O3/c1-11-6-7-14(18)15(12(11)2)19-16(21)20-8-13(9-22-5)23-17(3,4)10-20/h6-7,13H,8-10H2,1-5H3,(H,19,21). The van der Waals surface area contributed by atoms with Crippen LogP contribution in [-0.4, -0.2) is 49.4 Å². The van der Waals surface area contributed by atoms with Crippen LogP contribution in [0.2, 0.25) is 5.02 Å². The van der Waals surface area contributed by atoms with Crippen LogP contribution in [0.1, 0.15) is 25.0 Å². The van der Waals surface area contributed by atoms with Crippen molar-refractivity contribution in [1.82, 2.24) is 4.90 Å². The summed E-state index contributed by atoms with van der Waals surface area (Å²) >= 11 is 6.24. The van der Waals surface area contributed by atoms with Gasteiger partial charge in [-0.3, -0.25) is 0 Å². The molecular formula is C17H25ClN2O3. The van der Waals surface area contributed by atoms with Gasteiger partial charge in [0.1, 0.15) is 0 Å². The summed E-state index contributed by atoms with van der Waals surface area (Å²) in [5, 5.41) is 3.49. The first kappa shape index (κ1) is 18.0. The maximum absolute atomic E-state index is 12.7. The molecule has 0 aliphatic carbocycles. The molecule has 1 atom stereocenters. The van der Waals surface area contributed by atoms with E-state index in [1.54, 1.807) is 18.1 Å². The maximum atomic E-state index is 12.7. The first-order valence-corrected chi connectivity index (χ1v) is 8.09. The number of hydrogen-bond donors (Lipinski definition) is 1. The number of ether oxygens (including phenoxy) is 2. The third kappa shape index (κ3) is 4.37. The van der Waals surface area contributed by atoms with Crippen molar-refractivity contribution in [2.45, 2.75) is 39.4 Å². The highest BCUT2D eigenvalue weighted by molar-refractivity contribution is 6.34. The quantitative estimate of drug-likeness (QED) is 0.914. The molecule has 1 aromatic carbocycles. The number of halogens is 1. The number of nitrogens with zero attached hydrogens (tertiary/aromatic N) is 1. The Bertz CT molecular complexity index is 589. The fourth-order valence-electron chi connectivity index (χ4n) is 2.85. The monoisotopic (exact) mass is 340 g/mol. The number of benzene rings is 1. The van der Waals surface area contributed by atoms with Gasteiger partial charge in [-0.15, -0.1) is 0 Å². The van der Waals surface area contributed by atoms with Crippen LogP contribution < -0.4 is 5.32 Å². The third-order valence-electron chi connectivity index (χ3n) is 4.04. The van der Waals surface area contributed by atoms with Crippen LogP contribution >= 0.6 is 11.6 Å². The minimum Gasteiger partial charge on any atom is -0.382 e. The van der Waals surface area contributed by atoms with Gasteiger partial charge in [-0.1, -0.05) is 17.7 Å². The van der Waals surface area contributed by atoms with Crippen molar-refractivity contribution in [2.75, 3.05) is 32.1 Å². The highest BCUT2D eigenvalue weighted by Gasteiger charge is 2.35. The molecule has 1 fully saturated rings. The molecule has 1 unspecified atom stereocenters. The molecule has 1 aromatic rings. The minimum absolute atomic E-state index is 0.136. The van der Waals surface area contributed by atoms with Gasteiger partial charge < -0.3 is 19.7 Å². The lowest BCUT2D eigenvalue weighted by atomic mass is 10.1. The lowest BCUT2D eigenvalue weighted by Gasteiger charge is -2.42. The fraction of sp³-hybridized carbons (Fsp3) is 0.588. The fourth-order valence-corrected chi connectivity index (χ4v) is 3.10. The SMILES string of the molecule is COCC1CN(C(=O)Nc2c(Cl)ccc(C)c2C)CC(C)(C)O1. The van der Waals surface area contributed by atoms with E-state index in [1.165, 1.54) is 0 Å². The van der Waals surface area contributed by atoms with E-state index in [2.05, 4.69) is 5.32 Å². The maximum Gasteiger partial charge on any atom is 0.322 e. The number of rotatable bonds is 3. The highest BCUT2D eigenvalue weighted by Crippen LogP contribution is 2.29. The number of anilines is 1. The van der Waals surface area contributed by atoms with E-state index < -0.39 is 5.60 Å². The van der Waals surface area contributed by atoms with Crippen molar-refractivity contribution >= 4 is 23.3 Å². The molecule has 0 spiro atoms. The van der Waals surface area contributed by atoms with Gasteiger partial charge in [-0.05, 0) is 44.9 Å². The Hall–Kier alpha value is -1.30. The lowest BCUT2D eigenvalue weighted by molar-refractivity contribution is -0.141. The first-order chi connectivity index (χ1) is 10.7. The van der Waals surface area contributed by atoms with Crippen LogP contribution in [0.4, 0.5) is 10.5 Å². The summed E-state index contributed by atoms with van der Waals surface area (Å²) in [6, 6.07) is 3.58. The molecule has 2 rings (SSSR count). The van der Waals surface area contributed by atoms with E-state index in [9.17, 15) is 4.79 Å². The number of carbonyl (C=O) groups excluding carboxylic acids is 1. The van der Waals surface area contributed by atoms with E-state index in [4.69, 9.17) is 21.1 Å². The zero-order chi connectivity index (χ0) is 17.2. The Morgan fingerprint density at radius 3 is 2.83 bits per heavy atom. The number of amides is 2. The average Bonchev–Trinajstić information content (AvgIpc) is 2.46. The van der Waals surface area contributed by atoms with Gasteiger partial charge in [0, 0.05) is 7.11 Å². The summed E-state index contributed by atoms with van der Waals surface area (Å²) in [4.78, 5) is 14.4. The Labute approximate surface area is 142 Å². The van der Waals surface area contributed by atoms with E-state index in [-0.39, 0.29) is 12.1 Å². The molecule has 0 radical (unpaired) electrons. The Kier molecular flexibility index (Phi) is 5.55. The van der Waals surface area contributed by atoms with E-state index in [0.29, 0.717) is 30.4 Å². The summed E-state index contributed by atoms with van der Waals surface area (Å²) in [5.74, 6) is 0. The van der Waals surface area contributed by atoms with Gasteiger partial charge in [0.25, 0.3) is 0 Å². The number of hydrogen-bond acceptors (Lipinski definition) is 3. The molecule has 1 aliphatic heterocycles. The summed E-state index contributed by atoms with van der Waals surface area (Å²) < 4.78 is 11.1. The average molecular weight is 341 g/mol. The smallest absolute Gasteiger partial charge is 0.322 e. The van der Waals surface area contributed by atoms with Crippen LogP contribution in [0.15, 0.2) is 12.1 Å².